The molecular weight excluding hydrogens is 272 g/mol. The predicted molar refractivity (Wildman–Crippen MR) is 81.9 cm³/mol. The molecule has 20 heavy (non-hydrogen) atoms. The Morgan fingerprint density at radius 3 is 2.70 bits per heavy atom. The summed E-state index contributed by atoms with van der Waals surface area (Å²) in [6.45, 7) is 4.69. The molecule has 0 aliphatic heterocycles. The lowest BCUT2D eigenvalue weighted by Crippen LogP contribution is -2.27. The lowest BCUT2D eigenvalue weighted by Gasteiger charge is -2.20. The van der Waals surface area contributed by atoms with Gasteiger partial charge in [0.2, 0.25) is 0 Å². The van der Waals surface area contributed by atoms with Crippen LogP contribution in [0.4, 0.5) is 0 Å². The van der Waals surface area contributed by atoms with E-state index in [-0.39, 0.29) is 6.61 Å². The van der Waals surface area contributed by atoms with Crippen LogP contribution in [0.5, 0.6) is 0 Å². The van der Waals surface area contributed by atoms with Gasteiger partial charge in [-0.25, -0.2) is 4.68 Å². The van der Waals surface area contributed by atoms with Crippen LogP contribution >= 0.6 is 12.2 Å². The fourth-order valence-corrected chi connectivity index (χ4v) is 3.36. The summed E-state index contributed by atoms with van der Waals surface area (Å²) in [5.41, 5.74) is 0. The summed E-state index contributed by atoms with van der Waals surface area (Å²) in [7, 11) is 2.12. The van der Waals surface area contributed by atoms with Crippen LogP contribution in [0.25, 0.3) is 0 Å². The molecule has 1 aromatic rings. The van der Waals surface area contributed by atoms with Gasteiger partial charge in [0, 0.05) is 13.1 Å². The number of hydrogen-bond donors (Lipinski definition) is 1. The van der Waals surface area contributed by atoms with Crippen LogP contribution in [0.2, 0.25) is 0 Å². The maximum Gasteiger partial charge on any atom is 0.199 e. The van der Waals surface area contributed by atoms with Gasteiger partial charge in [-0.2, -0.15) is 5.10 Å². The highest BCUT2D eigenvalue weighted by Crippen LogP contribution is 2.25. The molecule has 1 saturated carbocycles. The first-order chi connectivity index (χ1) is 9.65. The van der Waals surface area contributed by atoms with E-state index in [1.165, 1.54) is 25.7 Å². The molecule has 0 saturated heterocycles. The fourth-order valence-electron chi connectivity index (χ4n) is 3.06. The monoisotopic (exact) mass is 298 g/mol. The van der Waals surface area contributed by atoms with Crippen LogP contribution < -0.4 is 0 Å². The van der Waals surface area contributed by atoms with Crippen molar-refractivity contribution in [3.8, 4) is 0 Å². The topological polar surface area (TPSA) is 46.2 Å². The summed E-state index contributed by atoms with van der Waals surface area (Å²) in [6, 6.07) is 0. The molecule has 1 fully saturated rings. The molecule has 0 bridgehead atoms. The molecule has 0 spiro atoms. The van der Waals surface area contributed by atoms with Gasteiger partial charge in [0.25, 0.3) is 0 Å². The molecule has 6 heteroatoms. The van der Waals surface area contributed by atoms with E-state index in [4.69, 9.17) is 12.2 Å². The lowest BCUT2D eigenvalue weighted by molar-refractivity contribution is 0.213. The highest BCUT2D eigenvalue weighted by atomic mass is 32.1. The van der Waals surface area contributed by atoms with E-state index in [0.717, 1.165) is 25.4 Å². The molecule has 1 heterocycles. The molecule has 1 aliphatic carbocycles. The normalized spacial score (nSPS) is 16.4. The van der Waals surface area contributed by atoms with Crippen molar-refractivity contribution in [2.75, 3.05) is 13.6 Å². The van der Waals surface area contributed by atoms with E-state index in [2.05, 4.69) is 24.0 Å². The first kappa shape index (κ1) is 15.7. The van der Waals surface area contributed by atoms with Gasteiger partial charge >= 0.3 is 0 Å². The van der Waals surface area contributed by atoms with Crippen molar-refractivity contribution in [3.05, 3.63) is 10.6 Å². The third kappa shape index (κ3) is 3.68. The number of aliphatic hydroxyl groups is 1. The number of aromatic nitrogens is 3. The van der Waals surface area contributed by atoms with Crippen molar-refractivity contribution in [2.45, 2.75) is 58.8 Å². The Labute approximate surface area is 126 Å². The summed E-state index contributed by atoms with van der Waals surface area (Å²) in [5, 5.41) is 13.8. The zero-order valence-corrected chi connectivity index (χ0v) is 13.4. The third-order valence-electron chi connectivity index (χ3n) is 4.01. The van der Waals surface area contributed by atoms with Crippen LogP contribution in [0.15, 0.2) is 0 Å². The zero-order valence-electron chi connectivity index (χ0n) is 12.6. The molecule has 1 N–H and O–H groups in total. The van der Waals surface area contributed by atoms with Gasteiger partial charge in [-0.1, -0.05) is 19.8 Å². The number of nitrogens with zero attached hydrogens (tertiary/aromatic N) is 4. The number of rotatable bonds is 7. The van der Waals surface area contributed by atoms with E-state index in [9.17, 15) is 5.11 Å². The van der Waals surface area contributed by atoms with E-state index < -0.39 is 0 Å². The predicted octanol–water partition coefficient (Wildman–Crippen LogP) is 2.40. The van der Waals surface area contributed by atoms with Gasteiger partial charge in [0.1, 0.15) is 6.61 Å². The zero-order chi connectivity index (χ0) is 14.5. The van der Waals surface area contributed by atoms with E-state index >= 15 is 0 Å². The van der Waals surface area contributed by atoms with Crippen LogP contribution in [-0.2, 0) is 19.8 Å². The number of aliphatic hydroxyl groups excluding tert-OH is 1. The molecule has 2 rings (SSSR count). The molecule has 0 amide bonds. The largest absolute Gasteiger partial charge is 0.388 e. The van der Waals surface area contributed by atoms with Crippen molar-refractivity contribution < 1.29 is 5.11 Å². The Hall–Kier alpha value is -0.720. The van der Waals surface area contributed by atoms with Gasteiger partial charge in [-0.15, -0.1) is 0 Å². The Kier molecular flexibility index (Phi) is 5.74. The van der Waals surface area contributed by atoms with Crippen molar-refractivity contribution in [2.24, 2.45) is 5.92 Å². The smallest absolute Gasteiger partial charge is 0.199 e. The number of hydrogen-bond acceptors (Lipinski definition) is 4. The first-order valence-electron chi connectivity index (χ1n) is 7.61. The second-order valence-electron chi connectivity index (χ2n) is 5.84. The Morgan fingerprint density at radius 1 is 1.40 bits per heavy atom. The van der Waals surface area contributed by atoms with Crippen molar-refractivity contribution in [3.63, 3.8) is 0 Å². The quantitative estimate of drug-likeness (QED) is 0.785. The molecule has 0 radical (unpaired) electrons. The highest BCUT2D eigenvalue weighted by Gasteiger charge is 2.18. The standard InChI is InChI=1S/C14H26N4OS/c1-3-8-17-13(10-19)15-18(14(17)20)11-16(2)9-12-6-4-5-7-12/h12,19H,3-11H2,1-2H3. The maximum atomic E-state index is 9.39. The van der Waals surface area contributed by atoms with Gasteiger partial charge in [0.15, 0.2) is 10.6 Å². The average molecular weight is 298 g/mol. The van der Waals surface area contributed by atoms with E-state index in [1.807, 2.05) is 9.25 Å². The summed E-state index contributed by atoms with van der Waals surface area (Å²) in [4.78, 5) is 2.29. The van der Waals surface area contributed by atoms with Crippen LogP contribution in [0, 0.1) is 10.7 Å². The second kappa shape index (κ2) is 7.33. The van der Waals surface area contributed by atoms with E-state index in [1.54, 1.807) is 0 Å². The minimum Gasteiger partial charge on any atom is -0.388 e. The summed E-state index contributed by atoms with van der Waals surface area (Å²) < 4.78 is 4.50. The van der Waals surface area contributed by atoms with Crippen molar-refractivity contribution in [1.29, 1.82) is 0 Å². The molecule has 1 aromatic heterocycles. The maximum absolute atomic E-state index is 9.39. The molecule has 0 atom stereocenters. The Bertz CT molecular complexity index is 476. The Balaban J connectivity index is 2.02. The summed E-state index contributed by atoms with van der Waals surface area (Å²) in [5.74, 6) is 1.50. The fraction of sp³-hybridized carbons (Fsp3) is 0.857. The van der Waals surface area contributed by atoms with Gasteiger partial charge in [-0.3, -0.25) is 4.90 Å². The molecule has 5 nitrogen and oxygen atoms in total. The summed E-state index contributed by atoms with van der Waals surface area (Å²) >= 11 is 5.47. The summed E-state index contributed by atoms with van der Waals surface area (Å²) in [6.07, 6.45) is 6.43. The van der Waals surface area contributed by atoms with Crippen molar-refractivity contribution in [1.82, 2.24) is 19.2 Å². The lowest BCUT2D eigenvalue weighted by atomic mass is 10.1. The minimum absolute atomic E-state index is 0.0526. The molecule has 0 unspecified atom stereocenters. The van der Waals surface area contributed by atoms with Gasteiger partial charge in [-0.05, 0) is 44.4 Å². The van der Waals surface area contributed by atoms with Crippen LogP contribution in [0.1, 0.15) is 44.9 Å². The van der Waals surface area contributed by atoms with Crippen LogP contribution in [0.3, 0.4) is 0 Å². The van der Waals surface area contributed by atoms with Crippen LogP contribution in [-0.4, -0.2) is 37.9 Å². The second-order valence-corrected chi connectivity index (χ2v) is 6.20. The molecular formula is C14H26N4OS. The third-order valence-corrected chi connectivity index (χ3v) is 4.44. The first-order valence-corrected chi connectivity index (χ1v) is 8.02. The Morgan fingerprint density at radius 2 is 2.10 bits per heavy atom. The van der Waals surface area contributed by atoms with Crippen molar-refractivity contribution >= 4 is 12.2 Å². The van der Waals surface area contributed by atoms with Gasteiger partial charge < -0.3 is 9.67 Å². The van der Waals surface area contributed by atoms with E-state index in [0.29, 0.717) is 17.3 Å². The SMILES string of the molecule is CCCn1c(CO)nn(CN(C)CC2CCCC2)c1=S. The molecule has 114 valence electrons. The highest BCUT2D eigenvalue weighted by molar-refractivity contribution is 7.71. The minimum atomic E-state index is -0.0526. The molecule has 1 aliphatic rings. The average Bonchev–Trinajstić information content (AvgIpc) is 3.02. The molecule has 0 aromatic carbocycles. The van der Waals surface area contributed by atoms with Gasteiger partial charge in [0.05, 0.1) is 6.67 Å².